The molecule has 0 aromatic heterocycles. The van der Waals surface area contributed by atoms with Gasteiger partial charge in [-0.1, -0.05) is 45.2 Å². The first-order valence-corrected chi connectivity index (χ1v) is 8.89. The summed E-state index contributed by atoms with van der Waals surface area (Å²) in [6.45, 7) is 6.97. The molecule has 3 rings (SSSR count). The summed E-state index contributed by atoms with van der Waals surface area (Å²) in [6, 6.07) is 8.52. The molecule has 1 saturated carbocycles. The van der Waals surface area contributed by atoms with Crippen molar-refractivity contribution < 1.29 is 0 Å². The van der Waals surface area contributed by atoms with Crippen molar-refractivity contribution in [3.8, 4) is 0 Å². The van der Waals surface area contributed by atoms with E-state index in [4.69, 9.17) is 5.73 Å². The maximum absolute atomic E-state index is 5.86. The fourth-order valence-electron chi connectivity index (χ4n) is 3.32. The molecule has 1 aliphatic carbocycles. The molecular formula is C19H33N3. The molecule has 3 heteroatoms. The van der Waals surface area contributed by atoms with Crippen LogP contribution in [0.15, 0.2) is 24.3 Å². The molecule has 1 aromatic rings. The smallest absolute Gasteiger partial charge is 0.0576 e. The van der Waals surface area contributed by atoms with E-state index in [9.17, 15) is 0 Å². The van der Waals surface area contributed by atoms with E-state index in [0.29, 0.717) is 11.5 Å². The Balaban J connectivity index is 0.000000188. The Morgan fingerprint density at radius 1 is 1.05 bits per heavy atom. The molecule has 2 fully saturated rings. The molecule has 0 atom stereocenters. The van der Waals surface area contributed by atoms with Gasteiger partial charge in [-0.25, -0.2) is 0 Å². The Hall–Kier alpha value is -1.22. The van der Waals surface area contributed by atoms with E-state index in [2.05, 4.69) is 24.5 Å². The van der Waals surface area contributed by atoms with Crippen molar-refractivity contribution in [1.82, 2.24) is 5.32 Å². The molecule has 0 spiro atoms. The van der Waals surface area contributed by atoms with Crippen LogP contribution in [0.25, 0.3) is 0 Å². The highest BCUT2D eigenvalue weighted by Crippen LogP contribution is 2.34. The van der Waals surface area contributed by atoms with Crippen LogP contribution in [0.4, 0.5) is 11.4 Å². The van der Waals surface area contributed by atoms with Crippen molar-refractivity contribution in [2.75, 3.05) is 24.1 Å². The van der Waals surface area contributed by atoms with Gasteiger partial charge in [-0.15, -0.1) is 0 Å². The molecule has 3 nitrogen and oxygen atoms in total. The van der Waals surface area contributed by atoms with Gasteiger partial charge in [-0.3, -0.25) is 0 Å². The molecule has 0 unspecified atom stereocenters. The molecule has 124 valence electrons. The van der Waals surface area contributed by atoms with Crippen molar-refractivity contribution in [3.05, 3.63) is 24.3 Å². The molecule has 0 amide bonds. The van der Waals surface area contributed by atoms with Crippen LogP contribution in [-0.2, 0) is 0 Å². The summed E-state index contributed by atoms with van der Waals surface area (Å²) in [5, 5.41) is 6.83. The maximum Gasteiger partial charge on any atom is 0.0576 e. The average molecular weight is 303 g/mol. The predicted octanol–water partition coefficient (Wildman–Crippen LogP) is 4.41. The molecule has 1 aliphatic heterocycles. The van der Waals surface area contributed by atoms with Gasteiger partial charge < -0.3 is 16.4 Å². The third kappa shape index (κ3) is 5.88. The monoisotopic (exact) mass is 303 g/mol. The zero-order valence-electron chi connectivity index (χ0n) is 14.3. The molecule has 1 heterocycles. The zero-order valence-corrected chi connectivity index (χ0v) is 14.3. The minimum absolute atomic E-state index is 0.570. The van der Waals surface area contributed by atoms with E-state index in [1.807, 2.05) is 24.3 Å². The van der Waals surface area contributed by atoms with E-state index in [-0.39, 0.29) is 0 Å². The third-order valence-electron chi connectivity index (χ3n) is 4.87. The minimum atomic E-state index is 0.570. The number of benzene rings is 1. The van der Waals surface area contributed by atoms with Gasteiger partial charge in [0.2, 0.25) is 0 Å². The van der Waals surface area contributed by atoms with E-state index >= 15 is 0 Å². The highest BCUT2D eigenvalue weighted by molar-refractivity contribution is 5.65. The minimum Gasteiger partial charge on any atom is -0.397 e. The van der Waals surface area contributed by atoms with Crippen LogP contribution in [0.1, 0.15) is 58.8 Å². The summed E-state index contributed by atoms with van der Waals surface area (Å²) in [7, 11) is 0. The number of para-hydroxylation sites is 2. The highest BCUT2D eigenvalue weighted by Gasteiger charge is 2.19. The van der Waals surface area contributed by atoms with Crippen LogP contribution in [-0.4, -0.2) is 19.1 Å². The maximum atomic E-state index is 5.86. The summed E-state index contributed by atoms with van der Waals surface area (Å²) < 4.78 is 0. The summed E-state index contributed by atoms with van der Waals surface area (Å²) in [5.41, 5.74) is 8.45. The van der Waals surface area contributed by atoms with Gasteiger partial charge in [-0.2, -0.15) is 0 Å². The van der Waals surface area contributed by atoms with Gasteiger partial charge in [-0.05, 0) is 56.3 Å². The van der Waals surface area contributed by atoms with Crippen LogP contribution in [0, 0.1) is 5.41 Å². The first kappa shape index (κ1) is 17.1. The lowest BCUT2D eigenvalue weighted by atomic mass is 9.78. The van der Waals surface area contributed by atoms with E-state index < -0.39 is 0 Å². The summed E-state index contributed by atoms with van der Waals surface area (Å²) in [6.07, 6.45) is 9.66. The first-order valence-electron chi connectivity index (χ1n) is 8.89. The SMILES string of the molecule is CC1(C)CCCCC1.Nc1ccccc1NC1CCNCC1. The van der Waals surface area contributed by atoms with Gasteiger partial charge >= 0.3 is 0 Å². The summed E-state index contributed by atoms with van der Waals surface area (Å²) >= 11 is 0. The largest absolute Gasteiger partial charge is 0.397 e. The summed E-state index contributed by atoms with van der Waals surface area (Å²) in [5.74, 6) is 0. The number of hydrogen-bond acceptors (Lipinski definition) is 3. The predicted molar refractivity (Wildman–Crippen MR) is 97.2 cm³/mol. The Bertz CT molecular complexity index is 428. The van der Waals surface area contributed by atoms with Crippen molar-refractivity contribution in [3.63, 3.8) is 0 Å². The zero-order chi connectivity index (χ0) is 15.8. The number of rotatable bonds is 2. The Labute approximate surface area is 136 Å². The third-order valence-corrected chi connectivity index (χ3v) is 4.87. The van der Waals surface area contributed by atoms with Crippen molar-refractivity contribution in [1.29, 1.82) is 0 Å². The molecule has 4 N–H and O–H groups in total. The number of hydrogen-bond donors (Lipinski definition) is 3. The van der Waals surface area contributed by atoms with E-state index in [1.165, 1.54) is 44.9 Å². The molecule has 0 bridgehead atoms. The fourth-order valence-corrected chi connectivity index (χ4v) is 3.32. The Kier molecular flexibility index (Phi) is 6.56. The molecular weight excluding hydrogens is 270 g/mol. The standard InChI is InChI=1S/C11H17N3.C8H16/c12-10-3-1-2-4-11(10)14-9-5-7-13-8-6-9;1-8(2)6-4-3-5-7-8/h1-4,9,13-14H,5-8,12H2;3-7H2,1-2H3. The van der Waals surface area contributed by atoms with Gasteiger partial charge in [0.25, 0.3) is 0 Å². The fraction of sp³-hybridized carbons (Fsp3) is 0.684. The van der Waals surface area contributed by atoms with Gasteiger partial charge in [0.05, 0.1) is 11.4 Å². The van der Waals surface area contributed by atoms with Crippen LogP contribution in [0.5, 0.6) is 0 Å². The number of nitrogens with two attached hydrogens (primary N) is 1. The second kappa shape index (κ2) is 8.42. The lowest BCUT2D eigenvalue weighted by Crippen LogP contribution is -2.35. The van der Waals surface area contributed by atoms with Crippen LogP contribution >= 0.6 is 0 Å². The van der Waals surface area contributed by atoms with E-state index in [1.54, 1.807) is 0 Å². The van der Waals surface area contributed by atoms with Crippen LogP contribution in [0.3, 0.4) is 0 Å². The van der Waals surface area contributed by atoms with Crippen LogP contribution in [0.2, 0.25) is 0 Å². The molecule has 2 aliphatic rings. The lowest BCUT2D eigenvalue weighted by Gasteiger charge is -2.28. The van der Waals surface area contributed by atoms with Crippen molar-refractivity contribution in [2.24, 2.45) is 5.41 Å². The average Bonchev–Trinajstić information content (AvgIpc) is 2.51. The topological polar surface area (TPSA) is 50.1 Å². The lowest BCUT2D eigenvalue weighted by molar-refractivity contribution is 0.244. The van der Waals surface area contributed by atoms with Gasteiger partial charge in [0.1, 0.15) is 0 Å². The summed E-state index contributed by atoms with van der Waals surface area (Å²) in [4.78, 5) is 0. The second-order valence-corrected chi connectivity index (χ2v) is 7.48. The van der Waals surface area contributed by atoms with Crippen molar-refractivity contribution in [2.45, 2.75) is 64.8 Å². The molecule has 22 heavy (non-hydrogen) atoms. The number of nitrogens with one attached hydrogen (secondary N) is 2. The molecule has 0 radical (unpaired) electrons. The number of piperidine rings is 1. The molecule has 1 saturated heterocycles. The first-order chi connectivity index (χ1) is 10.6. The molecule has 1 aromatic carbocycles. The Morgan fingerprint density at radius 3 is 2.23 bits per heavy atom. The Morgan fingerprint density at radius 2 is 1.68 bits per heavy atom. The highest BCUT2D eigenvalue weighted by atomic mass is 15.0. The number of nitrogen functional groups attached to an aromatic ring is 1. The second-order valence-electron chi connectivity index (χ2n) is 7.48. The normalized spacial score (nSPS) is 21.5. The van der Waals surface area contributed by atoms with Gasteiger partial charge in [0.15, 0.2) is 0 Å². The van der Waals surface area contributed by atoms with Gasteiger partial charge in [0, 0.05) is 6.04 Å². The van der Waals surface area contributed by atoms with Crippen molar-refractivity contribution >= 4 is 11.4 Å². The number of anilines is 2. The van der Waals surface area contributed by atoms with Crippen LogP contribution < -0.4 is 16.4 Å². The van der Waals surface area contributed by atoms with E-state index in [0.717, 1.165) is 24.5 Å². The quantitative estimate of drug-likeness (QED) is 0.709.